The smallest absolute Gasteiger partial charge is 0.366 e. The average Bonchev–Trinajstić information content (AvgIpc) is 3.32. The molecule has 44 heavy (non-hydrogen) atoms. The quantitative estimate of drug-likeness (QED) is 0.231. The molecule has 0 amide bonds. The zero-order valence-corrected chi connectivity index (χ0v) is 28.1. The lowest BCUT2D eigenvalue weighted by Crippen LogP contribution is -2.69. The van der Waals surface area contributed by atoms with Crippen LogP contribution in [0.15, 0.2) is 35.5 Å². The number of piperazine rings is 1. The molecule has 0 bridgehead atoms. The molecule has 2 saturated heterocycles. The van der Waals surface area contributed by atoms with Crippen molar-refractivity contribution in [3.63, 3.8) is 0 Å². The highest BCUT2D eigenvalue weighted by atomic mass is 32.2. The van der Waals surface area contributed by atoms with E-state index in [1.807, 2.05) is 16.5 Å². The number of allylic oxidation sites excluding steroid dienone is 2. The fourth-order valence-electron chi connectivity index (χ4n) is 6.99. The van der Waals surface area contributed by atoms with Gasteiger partial charge in [-0.05, 0) is 58.6 Å². The van der Waals surface area contributed by atoms with E-state index in [9.17, 15) is 13.2 Å². The van der Waals surface area contributed by atoms with Crippen molar-refractivity contribution in [1.82, 2.24) is 14.8 Å². The van der Waals surface area contributed by atoms with E-state index in [-0.39, 0.29) is 28.8 Å². The number of nitrogens with one attached hydrogen (secondary N) is 1. The van der Waals surface area contributed by atoms with E-state index in [1.165, 1.54) is 12.7 Å². The second-order valence-electron chi connectivity index (χ2n) is 12.6. The SMILES string of the molecule is C=CC(=CCC)N1CCN(C2CN(c3cc(NCCC(CN)C4(C)SC=NC4C)[n+](C)c(C(F)(F)F)n3)C2C)CC1CCC. The molecule has 0 radical (unpaired) electrons. The van der Waals surface area contributed by atoms with E-state index in [0.29, 0.717) is 37.3 Å². The van der Waals surface area contributed by atoms with Gasteiger partial charge in [0.05, 0.1) is 31.2 Å². The minimum atomic E-state index is -4.58. The second-order valence-corrected chi connectivity index (χ2v) is 13.9. The molecule has 0 spiro atoms. The molecular weight excluding hydrogens is 585 g/mol. The molecule has 4 rings (SSSR count). The lowest BCUT2D eigenvalue weighted by atomic mass is 9.85. The van der Waals surface area contributed by atoms with Crippen LogP contribution in [0.4, 0.5) is 24.8 Å². The Morgan fingerprint density at radius 2 is 2.05 bits per heavy atom. The van der Waals surface area contributed by atoms with Gasteiger partial charge in [-0.2, -0.15) is 13.2 Å². The predicted octanol–water partition coefficient (Wildman–Crippen LogP) is 5.07. The number of halogens is 3. The number of anilines is 2. The number of aromatic nitrogens is 2. The third kappa shape index (κ3) is 7.07. The van der Waals surface area contributed by atoms with Crippen molar-refractivity contribution in [2.24, 2.45) is 23.7 Å². The summed E-state index contributed by atoms with van der Waals surface area (Å²) in [6, 6.07) is 2.61. The Bertz CT molecular complexity index is 1210. The van der Waals surface area contributed by atoms with Gasteiger partial charge >= 0.3 is 12.0 Å². The average molecular weight is 638 g/mol. The monoisotopic (exact) mass is 637 g/mol. The van der Waals surface area contributed by atoms with E-state index in [0.717, 1.165) is 49.9 Å². The van der Waals surface area contributed by atoms with Gasteiger partial charge in [-0.25, -0.2) is 4.57 Å². The van der Waals surface area contributed by atoms with Crippen LogP contribution in [0, 0.1) is 5.92 Å². The molecular formula is C32H52F3N8S+. The van der Waals surface area contributed by atoms with Gasteiger partial charge in [-0.1, -0.05) is 37.9 Å². The van der Waals surface area contributed by atoms with Gasteiger partial charge < -0.3 is 20.9 Å². The molecule has 246 valence electrons. The number of nitrogens with two attached hydrogens (primary N) is 1. The minimum absolute atomic E-state index is 0.0467. The topological polar surface area (TPSA) is 76.9 Å². The summed E-state index contributed by atoms with van der Waals surface area (Å²) < 4.78 is 43.5. The summed E-state index contributed by atoms with van der Waals surface area (Å²) in [5, 5.41) is 3.29. The zero-order chi connectivity index (χ0) is 32.2. The van der Waals surface area contributed by atoms with Crippen molar-refractivity contribution >= 4 is 28.9 Å². The van der Waals surface area contributed by atoms with E-state index in [1.54, 1.807) is 17.8 Å². The first-order chi connectivity index (χ1) is 20.9. The highest BCUT2D eigenvalue weighted by Crippen LogP contribution is 2.42. The molecule has 0 aromatic carbocycles. The maximum absolute atomic E-state index is 14.2. The fraction of sp³-hybridized carbons (Fsp3) is 0.719. The van der Waals surface area contributed by atoms with Crippen LogP contribution in [-0.2, 0) is 13.2 Å². The Morgan fingerprint density at radius 1 is 1.30 bits per heavy atom. The van der Waals surface area contributed by atoms with Gasteiger partial charge in [0.15, 0.2) is 0 Å². The van der Waals surface area contributed by atoms with Gasteiger partial charge in [0.1, 0.15) is 0 Å². The summed E-state index contributed by atoms with van der Waals surface area (Å²) in [7, 11) is 1.42. The summed E-state index contributed by atoms with van der Waals surface area (Å²) in [5.74, 6) is 0.0269. The van der Waals surface area contributed by atoms with Crippen molar-refractivity contribution in [1.29, 1.82) is 0 Å². The first-order valence-corrected chi connectivity index (χ1v) is 17.0. The molecule has 2 fully saturated rings. The van der Waals surface area contributed by atoms with Gasteiger partial charge in [-0.15, -0.1) is 11.8 Å². The summed E-state index contributed by atoms with van der Waals surface area (Å²) in [6.45, 7) is 19.2. The van der Waals surface area contributed by atoms with Gasteiger partial charge in [-0.3, -0.25) is 9.89 Å². The van der Waals surface area contributed by atoms with Crippen LogP contribution in [0.5, 0.6) is 0 Å². The molecule has 1 aromatic rings. The van der Waals surface area contributed by atoms with Crippen LogP contribution in [0.3, 0.4) is 0 Å². The largest absolute Gasteiger partial charge is 0.482 e. The van der Waals surface area contributed by atoms with Crippen LogP contribution in [-0.4, -0.2) is 88.5 Å². The Hall–Kier alpha value is -2.31. The Kier molecular flexibility index (Phi) is 11.3. The fourth-order valence-corrected chi connectivity index (χ4v) is 8.13. The number of hydrogen-bond donors (Lipinski definition) is 2. The van der Waals surface area contributed by atoms with Crippen molar-refractivity contribution in [3.8, 4) is 0 Å². The Morgan fingerprint density at radius 3 is 2.61 bits per heavy atom. The molecule has 3 aliphatic heterocycles. The molecule has 3 N–H and O–H groups in total. The Labute approximate surface area is 266 Å². The van der Waals surface area contributed by atoms with Crippen molar-refractivity contribution in [3.05, 3.63) is 36.3 Å². The lowest BCUT2D eigenvalue weighted by Gasteiger charge is -2.54. The number of thioether (sulfide) groups is 1. The van der Waals surface area contributed by atoms with Gasteiger partial charge in [0.2, 0.25) is 11.6 Å². The van der Waals surface area contributed by atoms with E-state index in [4.69, 9.17) is 5.73 Å². The normalized spacial score (nSPS) is 28.7. The number of hydrogen-bond acceptors (Lipinski definition) is 8. The first kappa shape index (κ1) is 34.6. The summed E-state index contributed by atoms with van der Waals surface area (Å²) in [6.07, 6.45) is 3.49. The van der Waals surface area contributed by atoms with Crippen LogP contribution in [0.2, 0.25) is 0 Å². The molecule has 0 saturated carbocycles. The maximum Gasteiger partial charge on any atom is 0.482 e. The standard InChI is InChI=1S/C32H51F3N8S/c1-8-11-25(10-3)42-16-15-41(19-26(42)12-9-2)27-20-43(22(27)4)29-17-28(40(7)30(39-29)32(33,34)35)37-14-13-24(18-36)31(6)23(5)38-21-44-31/h10-11,17,21-24,26-27H,3,8-9,12-16,18-20,36H2,1-2,4-7H3/p+1. The zero-order valence-electron chi connectivity index (χ0n) is 27.3. The maximum atomic E-state index is 14.2. The van der Waals surface area contributed by atoms with Crippen LogP contribution in [0.1, 0.15) is 66.1 Å². The molecule has 0 aliphatic carbocycles. The summed E-state index contributed by atoms with van der Waals surface area (Å²) >= 11 is 1.69. The number of aliphatic imine (C=N–C) groups is 1. The Balaban J connectivity index is 1.47. The molecule has 1 aromatic heterocycles. The third-order valence-electron chi connectivity index (χ3n) is 10.0. The first-order valence-electron chi connectivity index (χ1n) is 16.1. The highest BCUT2D eigenvalue weighted by Gasteiger charge is 2.47. The van der Waals surface area contributed by atoms with Crippen molar-refractivity contribution in [2.75, 3.05) is 49.5 Å². The lowest BCUT2D eigenvalue weighted by molar-refractivity contribution is -0.681. The van der Waals surface area contributed by atoms with Crippen LogP contribution < -0.4 is 20.5 Å². The number of rotatable bonds is 13. The summed E-state index contributed by atoms with van der Waals surface area (Å²) in [4.78, 5) is 15.7. The third-order valence-corrected chi connectivity index (χ3v) is 11.4. The highest BCUT2D eigenvalue weighted by molar-refractivity contribution is 8.13. The molecule has 6 unspecified atom stereocenters. The van der Waals surface area contributed by atoms with Crippen molar-refractivity contribution in [2.45, 2.75) is 95.4 Å². The molecule has 12 heteroatoms. The summed E-state index contributed by atoms with van der Waals surface area (Å²) in [5.41, 5.74) is 9.25. The van der Waals surface area contributed by atoms with E-state index >= 15 is 0 Å². The van der Waals surface area contributed by atoms with Gasteiger partial charge in [0, 0.05) is 54.7 Å². The van der Waals surface area contributed by atoms with Crippen molar-refractivity contribution < 1.29 is 17.7 Å². The van der Waals surface area contributed by atoms with Gasteiger partial charge in [0.25, 0.3) is 0 Å². The van der Waals surface area contributed by atoms with Crippen LogP contribution >= 0.6 is 11.8 Å². The molecule has 3 aliphatic rings. The van der Waals surface area contributed by atoms with E-state index in [2.05, 4.69) is 72.4 Å². The molecule has 8 nitrogen and oxygen atoms in total. The molecule has 6 atom stereocenters. The number of nitrogens with zero attached hydrogens (tertiary/aromatic N) is 6. The molecule has 4 heterocycles. The van der Waals surface area contributed by atoms with E-state index < -0.39 is 12.0 Å². The number of alkyl halides is 3. The van der Waals surface area contributed by atoms with Crippen LogP contribution in [0.25, 0.3) is 0 Å². The second kappa shape index (κ2) is 14.4. The minimum Gasteiger partial charge on any atom is -0.366 e. The predicted molar refractivity (Wildman–Crippen MR) is 176 cm³/mol.